The number of methoxy groups -OCH3 is 4. The van der Waals surface area contributed by atoms with Gasteiger partial charge in [-0.3, -0.25) is 9.59 Å². The Morgan fingerprint density at radius 2 is 1.26 bits per heavy atom. The van der Waals surface area contributed by atoms with E-state index in [1.807, 2.05) is 12.1 Å². The maximum Gasteiger partial charge on any atom is 0.305 e. The SMILES string of the molecule is COC(=O)CCc1cc(Cc2cc(OC)c(I)cc2CCC(=O)OC)c(OC)cc1CO[Si](C)(C)C(C)(C)C. The first-order chi connectivity index (χ1) is 18.3. The third kappa shape index (κ3) is 9.21. The predicted molar refractivity (Wildman–Crippen MR) is 164 cm³/mol. The Bertz CT molecular complexity index is 1150. The molecule has 2 aromatic rings. The van der Waals surface area contributed by atoms with Crippen LogP contribution in [0.25, 0.3) is 0 Å². The van der Waals surface area contributed by atoms with Crippen LogP contribution in [0.3, 0.4) is 0 Å². The molecular weight excluding hydrogens is 627 g/mol. The highest BCUT2D eigenvalue weighted by molar-refractivity contribution is 14.1. The molecule has 2 rings (SSSR count). The number of aryl methyl sites for hydroxylation is 2. The lowest BCUT2D eigenvalue weighted by Crippen LogP contribution is -2.40. The van der Waals surface area contributed by atoms with Gasteiger partial charge in [-0.2, -0.15) is 0 Å². The molecule has 0 radical (unpaired) electrons. The zero-order chi connectivity index (χ0) is 29.4. The Balaban J connectivity index is 2.53. The standard InChI is InChI=1S/C30H43IO7Si/c1-30(2,3)39(8,9)38-19-24-18-26(34-4)23(14-20(24)10-12-28(32)36-6)15-22-17-27(35-5)25(31)16-21(22)11-13-29(33)37-7/h14,16-18H,10-13,15,19H2,1-9H3. The molecule has 7 nitrogen and oxygen atoms in total. The second kappa shape index (κ2) is 14.5. The second-order valence-corrected chi connectivity index (χ2v) is 17.0. The number of hydrogen-bond acceptors (Lipinski definition) is 7. The fraction of sp³-hybridized carbons (Fsp3) is 0.533. The third-order valence-electron chi connectivity index (χ3n) is 7.50. The summed E-state index contributed by atoms with van der Waals surface area (Å²) in [4.78, 5) is 23.9. The maximum absolute atomic E-state index is 12.0. The second-order valence-electron chi connectivity index (χ2n) is 11.1. The van der Waals surface area contributed by atoms with Gasteiger partial charge in [0.25, 0.3) is 0 Å². The zero-order valence-corrected chi connectivity index (χ0v) is 27.9. The minimum atomic E-state index is -1.99. The summed E-state index contributed by atoms with van der Waals surface area (Å²) in [6, 6.07) is 8.23. The van der Waals surface area contributed by atoms with E-state index in [2.05, 4.69) is 68.6 Å². The van der Waals surface area contributed by atoms with Gasteiger partial charge in [0.2, 0.25) is 0 Å². The van der Waals surface area contributed by atoms with Crippen molar-refractivity contribution in [3.63, 3.8) is 0 Å². The number of rotatable bonds is 13. The lowest BCUT2D eigenvalue weighted by molar-refractivity contribution is -0.141. The molecule has 0 aliphatic carbocycles. The van der Waals surface area contributed by atoms with E-state index in [1.165, 1.54) is 14.2 Å². The summed E-state index contributed by atoms with van der Waals surface area (Å²) < 4.78 is 28.7. The van der Waals surface area contributed by atoms with Gasteiger partial charge >= 0.3 is 11.9 Å². The smallest absolute Gasteiger partial charge is 0.305 e. The van der Waals surface area contributed by atoms with Crippen LogP contribution < -0.4 is 9.47 Å². The fourth-order valence-electron chi connectivity index (χ4n) is 3.96. The molecule has 9 heteroatoms. The Kier molecular flexibility index (Phi) is 12.3. The van der Waals surface area contributed by atoms with E-state index in [1.54, 1.807) is 14.2 Å². The van der Waals surface area contributed by atoms with Crippen molar-refractivity contribution in [1.82, 2.24) is 0 Å². The number of carbonyl (C=O) groups excluding carboxylic acids is 2. The van der Waals surface area contributed by atoms with Crippen molar-refractivity contribution in [3.8, 4) is 11.5 Å². The number of halogens is 1. The molecule has 0 atom stereocenters. The van der Waals surface area contributed by atoms with Crippen LogP contribution in [0.15, 0.2) is 24.3 Å². The van der Waals surface area contributed by atoms with Crippen molar-refractivity contribution in [2.75, 3.05) is 28.4 Å². The fourth-order valence-corrected chi connectivity index (χ4v) is 5.66. The van der Waals surface area contributed by atoms with Gasteiger partial charge in [0.1, 0.15) is 11.5 Å². The average molecular weight is 671 g/mol. The Morgan fingerprint density at radius 3 is 1.74 bits per heavy atom. The first-order valence-electron chi connectivity index (χ1n) is 13.1. The molecule has 0 aliphatic heterocycles. The van der Waals surface area contributed by atoms with Crippen LogP contribution >= 0.6 is 22.6 Å². The highest BCUT2D eigenvalue weighted by Crippen LogP contribution is 2.38. The number of hydrogen-bond donors (Lipinski definition) is 0. The number of esters is 2. The van der Waals surface area contributed by atoms with Gasteiger partial charge in [-0.1, -0.05) is 26.8 Å². The summed E-state index contributed by atoms with van der Waals surface area (Å²) in [5, 5.41) is 0.0771. The molecule has 2 aromatic carbocycles. The molecule has 39 heavy (non-hydrogen) atoms. The average Bonchev–Trinajstić information content (AvgIpc) is 2.89. The van der Waals surface area contributed by atoms with Crippen molar-refractivity contribution in [2.24, 2.45) is 0 Å². The van der Waals surface area contributed by atoms with Gasteiger partial charge in [-0.15, -0.1) is 0 Å². The molecular formula is C30H43IO7Si. The van der Waals surface area contributed by atoms with E-state index in [0.29, 0.717) is 25.9 Å². The first-order valence-corrected chi connectivity index (χ1v) is 17.1. The predicted octanol–water partition coefficient (Wildman–Crippen LogP) is 6.63. The molecule has 0 heterocycles. The summed E-state index contributed by atoms with van der Waals surface area (Å²) in [5.74, 6) is 1.02. The van der Waals surface area contributed by atoms with Gasteiger partial charge in [0.15, 0.2) is 8.32 Å². The van der Waals surface area contributed by atoms with E-state index in [-0.39, 0.29) is 29.8 Å². The van der Waals surface area contributed by atoms with E-state index >= 15 is 0 Å². The lowest BCUT2D eigenvalue weighted by Gasteiger charge is -2.36. The molecule has 0 bridgehead atoms. The molecule has 0 aliphatic rings. The van der Waals surface area contributed by atoms with Crippen molar-refractivity contribution < 1.29 is 33.0 Å². The normalized spacial score (nSPS) is 11.7. The highest BCUT2D eigenvalue weighted by Gasteiger charge is 2.37. The molecule has 0 amide bonds. The summed E-state index contributed by atoms with van der Waals surface area (Å²) in [5.41, 5.74) is 5.11. The minimum Gasteiger partial charge on any atom is -0.496 e. The zero-order valence-electron chi connectivity index (χ0n) is 24.8. The molecule has 0 unspecified atom stereocenters. The third-order valence-corrected chi connectivity index (χ3v) is 12.8. The van der Waals surface area contributed by atoms with Gasteiger partial charge in [0.05, 0.1) is 38.6 Å². The summed E-state index contributed by atoms with van der Waals surface area (Å²) in [7, 11) is 4.13. The van der Waals surface area contributed by atoms with Crippen molar-refractivity contribution in [1.29, 1.82) is 0 Å². The summed E-state index contributed by atoms with van der Waals surface area (Å²) in [6.07, 6.45) is 2.22. The molecule has 0 saturated carbocycles. The highest BCUT2D eigenvalue weighted by atomic mass is 127. The van der Waals surface area contributed by atoms with E-state index < -0.39 is 8.32 Å². The first kappa shape index (κ1) is 33.1. The monoisotopic (exact) mass is 670 g/mol. The summed E-state index contributed by atoms with van der Waals surface area (Å²) in [6.45, 7) is 11.6. The summed E-state index contributed by atoms with van der Waals surface area (Å²) >= 11 is 2.24. The van der Waals surface area contributed by atoms with Crippen LogP contribution in [0.2, 0.25) is 18.1 Å². The van der Waals surface area contributed by atoms with Crippen LogP contribution in [0, 0.1) is 3.57 Å². The van der Waals surface area contributed by atoms with Crippen LogP contribution in [-0.2, 0) is 49.4 Å². The molecule has 0 spiro atoms. The Hall–Kier alpha value is -2.11. The number of ether oxygens (including phenoxy) is 4. The van der Waals surface area contributed by atoms with Gasteiger partial charge < -0.3 is 23.4 Å². The van der Waals surface area contributed by atoms with Crippen molar-refractivity contribution >= 4 is 42.8 Å². The van der Waals surface area contributed by atoms with Crippen molar-refractivity contribution in [2.45, 2.75) is 77.6 Å². The van der Waals surface area contributed by atoms with Crippen LogP contribution in [0.4, 0.5) is 0 Å². The van der Waals surface area contributed by atoms with Crippen LogP contribution in [-0.4, -0.2) is 48.7 Å². The Labute approximate surface area is 248 Å². The maximum atomic E-state index is 12.0. The van der Waals surface area contributed by atoms with Gasteiger partial charge in [-0.25, -0.2) is 0 Å². The van der Waals surface area contributed by atoms with Gasteiger partial charge in [0, 0.05) is 19.3 Å². The van der Waals surface area contributed by atoms with Crippen LogP contribution in [0.1, 0.15) is 61.4 Å². The lowest BCUT2D eigenvalue weighted by atomic mass is 9.92. The van der Waals surface area contributed by atoms with E-state index in [0.717, 1.165) is 42.9 Å². The van der Waals surface area contributed by atoms with Crippen LogP contribution in [0.5, 0.6) is 11.5 Å². The largest absolute Gasteiger partial charge is 0.496 e. The van der Waals surface area contributed by atoms with E-state index in [4.69, 9.17) is 23.4 Å². The molecule has 0 aromatic heterocycles. The molecule has 216 valence electrons. The minimum absolute atomic E-state index is 0.0771. The quantitative estimate of drug-likeness (QED) is 0.135. The number of benzene rings is 2. The van der Waals surface area contributed by atoms with E-state index in [9.17, 15) is 9.59 Å². The molecule has 0 fully saturated rings. The van der Waals surface area contributed by atoms with Gasteiger partial charge in [-0.05, 0) is 99.6 Å². The topological polar surface area (TPSA) is 80.3 Å². The van der Waals surface area contributed by atoms with Crippen molar-refractivity contribution in [3.05, 3.63) is 55.7 Å². The molecule has 0 N–H and O–H groups in total. The molecule has 0 saturated heterocycles. The number of carbonyl (C=O) groups is 2. The Morgan fingerprint density at radius 1 is 0.744 bits per heavy atom.